The maximum atomic E-state index is 11.3. The van der Waals surface area contributed by atoms with Gasteiger partial charge in [-0.3, -0.25) is 4.79 Å². The van der Waals surface area contributed by atoms with Crippen molar-refractivity contribution in [1.82, 2.24) is 10.5 Å². The van der Waals surface area contributed by atoms with E-state index >= 15 is 0 Å². The molecule has 6 heteroatoms. The van der Waals surface area contributed by atoms with Gasteiger partial charge in [0, 0.05) is 19.7 Å². The summed E-state index contributed by atoms with van der Waals surface area (Å²) in [7, 11) is 1.44. The Bertz CT molecular complexity index is 269. The second-order valence-electron chi connectivity index (χ2n) is 2.67. The SMILES string of the molecule is COC(CN)C(=O)NCc1ccon1. The Labute approximate surface area is 81.4 Å². The van der Waals surface area contributed by atoms with E-state index in [0.29, 0.717) is 12.2 Å². The molecule has 14 heavy (non-hydrogen) atoms. The fourth-order valence-corrected chi connectivity index (χ4v) is 0.931. The third-order valence-corrected chi connectivity index (χ3v) is 1.73. The lowest BCUT2D eigenvalue weighted by Gasteiger charge is -2.11. The molecule has 0 bridgehead atoms. The highest BCUT2D eigenvalue weighted by molar-refractivity contribution is 5.80. The van der Waals surface area contributed by atoms with E-state index in [1.54, 1.807) is 6.07 Å². The van der Waals surface area contributed by atoms with Crippen molar-refractivity contribution in [2.45, 2.75) is 12.6 Å². The van der Waals surface area contributed by atoms with Crippen molar-refractivity contribution >= 4 is 5.91 Å². The highest BCUT2D eigenvalue weighted by Gasteiger charge is 2.15. The number of nitrogens with zero attached hydrogens (tertiary/aromatic N) is 1. The third-order valence-electron chi connectivity index (χ3n) is 1.73. The molecule has 6 nitrogen and oxygen atoms in total. The fraction of sp³-hybridized carbons (Fsp3) is 0.500. The van der Waals surface area contributed by atoms with E-state index in [9.17, 15) is 4.79 Å². The molecule has 0 aliphatic carbocycles. The lowest BCUT2D eigenvalue weighted by Crippen LogP contribution is -2.40. The van der Waals surface area contributed by atoms with Crippen molar-refractivity contribution in [3.05, 3.63) is 18.0 Å². The Balaban J connectivity index is 2.34. The van der Waals surface area contributed by atoms with Crippen molar-refractivity contribution in [3.8, 4) is 0 Å². The second-order valence-corrected chi connectivity index (χ2v) is 2.67. The van der Waals surface area contributed by atoms with Crippen LogP contribution in [0.15, 0.2) is 16.9 Å². The molecule has 0 saturated heterocycles. The van der Waals surface area contributed by atoms with Gasteiger partial charge in [-0.05, 0) is 0 Å². The van der Waals surface area contributed by atoms with Crippen molar-refractivity contribution in [3.63, 3.8) is 0 Å². The molecule has 1 atom stereocenters. The van der Waals surface area contributed by atoms with E-state index in [-0.39, 0.29) is 12.5 Å². The third kappa shape index (κ3) is 2.82. The van der Waals surface area contributed by atoms with Crippen LogP contribution in [0, 0.1) is 0 Å². The van der Waals surface area contributed by atoms with E-state index in [1.807, 2.05) is 0 Å². The van der Waals surface area contributed by atoms with Crippen LogP contribution in [0.1, 0.15) is 5.69 Å². The minimum atomic E-state index is -0.609. The number of carbonyl (C=O) groups is 1. The van der Waals surface area contributed by atoms with Crippen LogP contribution in [-0.4, -0.2) is 30.8 Å². The summed E-state index contributed by atoms with van der Waals surface area (Å²) >= 11 is 0. The zero-order valence-corrected chi connectivity index (χ0v) is 7.90. The summed E-state index contributed by atoms with van der Waals surface area (Å²) in [6, 6.07) is 1.67. The summed E-state index contributed by atoms with van der Waals surface area (Å²) in [5.74, 6) is -0.252. The lowest BCUT2D eigenvalue weighted by atomic mass is 10.3. The number of amides is 1. The minimum Gasteiger partial charge on any atom is -0.370 e. The molecular weight excluding hydrogens is 186 g/mol. The molecule has 1 aromatic heterocycles. The second kappa shape index (κ2) is 5.36. The smallest absolute Gasteiger partial charge is 0.250 e. The van der Waals surface area contributed by atoms with Gasteiger partial charge in [-0.2, -0.15) is 0 Å². The number of hydrogen-bond donors (Lipinski definition) is 2. The monoisotopic (exact) mass is 199 g/mol. The highest BCUT2D eigenvalue weighted by atomic mass is 16.5. The Kier molecular flexibility index (Phi) is 4.09. The molecule has 1 unspecified atom stereocenters. The van der Waals surface area contributed by atoms with Crippen LogP contribution in [0.2, 0.25) is 0 Å². The molecule has 78 valence electrons. The summed E-state index contributed by atoms with van der Waals surface area (Å²) in [6.45, 7) is 0.469. The predicted molar refractivity (Wildman–Crippen MR) is 48.2 cm³/mol. The number of nitrogens with one attached hydrogen (secondary N) is 1. The normalized spacial score (nSPS) is 12.4. The number of carbonyl (C=O) groups excluding carboxylic acids is 1. The van der Waals surface area contributed by atoms with Gasteiger partial charge in [0.05, 0.1) is 6.54 Å². The van der Waals surface area contributed by atoms with Gasteiger partial charge in [-0.25, -0.2) is 0 Å². The van der Waals surface area contributed by atoms with E-state index in [4.69, 9.17) is 10.5 Å². The summed E-state index contributed by atoms with van der Waals surface area (Å²) in [5, 5.41) is 6.26. The van der Waals surface area contributed by atoms with Crippen LogP contribution in [0.25, 0.3) is 0 Å². The number of hydrogen-bond acceptors (Lipinski definition) is 5. The van der Waals surface area contributed by atoms with Crippen molar-refractivity contribution in [2.24, 2.45) is 5.73 Å². The van der Waals surface area contributed by atoms with Gasteiger partial charge in [-0.1, -0.05) is 5.16 Å². The molecule has 0 aliphatic heterocycles. The summed E-state index contributed by atoms with van der Waals surface area (Å²) < 4.78 is 9.45. The first kappa shape index (κ1) is 10.7. The lowest BCUT2D eigenvalue weighted by molar-refractivity contribution is -0.130. The maximum Gasteiger partial charge on any atom is 0.250 e. The topological polar surface area (TPSA) is 90.4 Å². The molecule has 1 aromatic rings. The van der Waals surface area contributed by atoms with Crippen LogP contribution in [0.4, 0.5) is 0 Å². The Hall–Kier alpha value is -1.40. The quantitative estimate of drug-likeness (QED) is 0.652. The molecule has 0 spiro atoms. The molecule has 1 heterocycles. The zero-order chi connectivity index (χ0) is 10.4. The standard InChI is InChI=1S/C8H13N3O3/c1-13-7(4-9)8(12)10-5-6-2-3-14-11-6/h2-3,7H,4-5,9H2,1H3,(H,10,12). The van der Waals surface area contributed by atoms with Crippen molar-refractivity contribution in [2.75, 3.05) is 13.7 Å². The van der Waals surface area contributed by atoms with Crippen LogP contribution < -0.4 is 11.1 Å². The first-order chi connectivity index (χ1) is 6.77. The molecule has 0 aliphatic rings. The van der Waals surface area contributed by atoms with Gasteiger partial charge >= 0.3 is 0 Å². The number of methoxy groups -OCH3 is 1. The van der Waals surface area contributed by atoms with Gasteiger partial charge in [0.2, 0.25) is 0 Å². The molecule has 3 N–H and O–H groups in total. The highest BCUT2D eigenvalue weighted by Crippen LogP contribution is 1.94. The van der Waals surface area contributed by atoms with Gasteiger partial charge in [-0.15, -0.1) is 0 Å². The van der Waals surface area contributed by atoms with Crippen LogP contribution >= 0.6 is 0 Å². The van der Waals surface area contributed by atoms with E-state index in [2.05, 4.69) is 15.0 Å². The zero-order valence-electron chi connectivity index (χ0n) is 7.90. The van der Waals surface area contributed by atoms with E-state index in [0.717, 1.165) is 0 Å². The van der Waals surface area contributed by atoms with Crippen molar-refractivity contribution in [1.29, 1.82) is 0 Å². The van der Waals surface area contributed by atoms with Crippen LogP contribution in [0.3, 0.4) is 0 Å². The Morgan fingerprint density at radius 1 is 1.86 bits per heavy atom. The average molecular weight is 199 g/mol. The Morgan fingerprint density at radius 2 is 2.64 bits per heavy atom. The average Bonchev–Trinajstić information content (AvgIpc) is 2.69. The predicted octanol–water partition coefficient (Wildman–Crippen LogP) is -0.735. The van der Waals surface area contributed by atoms with Gasteiger partial charge in [0.25, 0.3) is 5.91 Å². The minimum absolute atomic E-state index is 0.154. The van der Waals surface area contributed by atoms with Gasteiger partial charge < -0.3 is 20.3 Å². The fourth-order valence-electron chi connectivity index (χ4n) is 0.931. The van der Waals surface area contributed by atoms with Gasteiger partial charge in [0.1, 0.15) is 18.1 Å². The molecule has 1 amide bonds. The first-order valence-electron chi connectivity index (χ1n) is 4.17. The van der Waals surface area contributed by atoms with Crippen molar-refractivity contribution < 1.29 is 14.1 Å². The summed E-state index contributed by atoms with van der Waals surface area (Å²) in [6.07, 6.45) is 0.833. The summed E-state index contributed by atoms with van der Waals surface area (Å²) in [5.41, 5.74) is 5.97. The first-order valence-corrected chi connectivity index (χ1v) is 4.17. The largest absolute Gasteiger partial charge is 0.370 e. The number of ether oxygens (including phenoxy) is 1. The van der Waals surface area contributed by atoms with Gasteiger partial charge in [0.15, 0.2) is 0 Å². The van der Waals surface area contributed by atoms with Crippen LogP contribution in [0.5, 0.6) is 0 Å². The van der Waals surface area contributed by atoms with E-state index in [1.165, 1.54) is 13.4 Å². The molecule has 0 radical (unpaired) electrons. The number of nitrogens with two attached hydrogens (primary N) is 1. The Morgan fingerprint density at radius 3 is 3.14 bits per heavy atom. The molecule has 0 aromatic carbocycles. The summed E-state index contributed by atoms with van der Waals surface area (Å²) in [4.78, 5) is 11.3. The molecular formula is C8H13N3O3. The van der Waals surface area contributed by atoms with Crippen LogP contribution in [-0.2, 0) is 16.1 Å². The molecule has 0 fully saturated rings. The number of aromatic nitrogens is 1. The van der Waals surface area contributed by atoms with E-state index < -0.39 is 6.10 Å². The number of rotatable bonds is 5. The molecule has 0 saturated carbocycles. The maximum absolute atomic E-state index is 11.3. The molecule has 1 rings (SSSR count).